The molecule has 2 heteroatoms. The minimum Gasteiger partial charge on any atom is -0.350 e. The minimum atomic E-state index is 0.222. The third kappa shape index (κ3) is 1.81. The van der Waals surface area contributed by atoms with Gasteiger partial charge in [0.15, 0.2) is 0 Å². The predicted octanol–water partition coefficient (Wildman–Crippen LogP) is 3.57. The molecule has 2 N–H and O–H groups in total. The lowest BCUT2D eigenvalue weighted by atomic mass is 9.78. The van der Waals surface area contributed by atoms with Gasteiger partial charge in [-0.05, 0) is 43.9 Å². The van der Waals surface area contributed by atoms with E-state index in [1.54, 1.807) is 0 Å². The van der Waals surface area contributed by atoms with Crippen molar-refractivity contribution in [2.75, 3.05) is 6.54 Å². The van der Waals surface area contributed by atoms with Crippen LogP contribution in [0.4, 0.5) is 0 Å². The van der Waals surface area contributed by atoms with E-state index < -0.39 is 0 Å². The van der Waals surface area contributed by atoms with Crippen LogP contribution >= 0.6 is 0 Å². The Morgan fingerprint density at radius 3 is 2.53 bits per heavy atom. The van der Waals surface area contributed by atoms with Gasteiger partial charge in [-0.15, -0.1) is 0 Å². The van der Waals surface area contributed by atoms with Crippen molar-refractivity contribution < 1.29 is 0 Å². The second kappa shape index (κ2) is 4.38. The van der Waals surface area contributed by atoms with Gasteiger partial charge >= 0.3 is 0 Å². The Bertz CT molecular complexity index is 616. The number of aryl methyl sites for hydroxylation is 3. The van der Waals surface area contributed by atoms with E-state index in [2.05, 4.69) is 43.8 Å². The molecule has 0 unspecified atom stereocenters. The van der Waals surface area contributed by atoms with Crippen LogP contribution in [0.5, 0.6) is 0 Å². The Labute approximate surface area is 115 Å². The third-order valence-electron chi connectivity index (χ3n) is 4.93. The minimum absolute atomic E-state index is 0.222. The van der Waals surface area contributed by atoms with Crippen LogP contribution in [-0.2, 0) is 12.5 Å². The molecule has 0 amide bonds. The highest BCUT2D eigenvalue weighted by Crippen LogP contribution is 2.44. The van der Waals surface area contributed by atoms with Gasteiger partial charge in [0.1, 0.15) is 0 Å². The monoisotopic (exact) mass is 256 g/mol. The van der Waals surface area contributed by atoms with Crippen molar-refractivity contribution in [3.8, 4) is 0 Å². The molecule has 1 aromatic heterocycles. The van der Waals surface area contributed by atoms with Crippen LogP contribution in [0.25, 0.3) is 10.9 Å². The summed E-state index contributed by atoms with van der Waals surface area (Å²) < 4.78 is 2.29. The molecule has 0 bridgehead atoms. The Hall–Kier alpha value is -1.28. The van der Waals surface area contributed by atoms with Gasteiger partial charge in [-0.2, -0.15) is 0 Å². The molecule has 1 aliphatic carbocycles. The van der Waals surface area contributed by atoms with Crippen LogP contribution in [0, 0.1) is 13.8 Å². The summed E-state index contributed by atoms with van der Waals surface area (Å²) in [5, 5.41) is 1.42. The maximum Gasteiger partial charge on any atom is 0.0510 e. The first-order valence-corrected chi connectivity index (χ1v) is 7.34. The van der Waals surface area contributed by atoms with Gasteiger partial charge in [0, 0.05) is 30.6 Å². The van der Waals surface area contributed by atoms with Crippen molar-refractivity contribution in [1.82, 2.24) is 4.57 Å². The van der Waals surface area contributed by atoms with Crippen LogP contribution in [0.1, 0.15) is 42.4 Å². The normalized spacial score (nSPS) is 18.3. The standard InChI is InChI=1S/C17H24N2/c1-12-8-13(2)16-14(9-12)15(10-19(16)3)17(11-18)6-4-5-7-17/h8-10H,4-7,11,18H2,1-3H3. The molecule has 0 atom stereocenters. The summed E-state index contributed by atoms with van der Waals surface area (Å²) in [5.41, 5.74) is 12.0. The molecule has 0 saturated heterocycles. The van der Waals surface area contributed by atoms with Gasteiger partial charge < -0.3 is 10.3 Å². The number of nitrogens with two attached hydrogens (primary N) is 1. The largest absolute Gasteiger partial charge is 0.350 e. The first kappa shape index (κ1) is 12.7. The van der Waals surface area contributed by atoms with Gasteiger partial charge in [-0.1, -0.05) is 24.5 Å². The van der Waals surface area contributed by atoms with Crippen LogP contribution in [0.3, 0.4) is 0 Å². The Morgan fingerprint density at radius 1 is 1.21 bits per heavy atom. The highest BCUT2D eigenvalue weighted by molar-refractivity contribution is 5.88. The van der Waals surface area contributed by atoms with Crippen molar-refractivity contribution in [2.45, 2.75) is 44.9 Å². The second-order valence-corrected chi connectivity index (χ2v) is 6.32. The Morgan fingerprint density at radius 2 is 1.89 bits per heavy atom. The van der Waals surface area contributed by atoms with Crippen LogP contribution in [-0.4, -0.2) is 11.1 Å². The Kier molecular flexibility index (Phi) is 2.94. The zero-order chi connectivity index (χ0) is 13.6. The molecule has 2 aromatic rings. The summed E-state index contributed by atoms with van der Waals surface area (Å²) >= 11 is 0. The van der Waals surface area contributed by atoms with E-state index in [1.165, 1.54) is 53.3 Å². The van der Waals surface area contributed by atoms with Gasteiger partial charge in [0.2, 0.25) is 0 Å². The second-order valence-electron chi connectivity index (χ2n) is 6.32. The number of benzene rings is 1. The van der Waals surface area contributed by atoms with E-state index in [-0.39, 0.29) is 5.41 Å². The first-order valence-electron chi connectivity index (χ1n) is 7.34. The molecule has 2 nitrogen and oxygen atoms in total. The van der Waals surface area contributed by atoms with E-state index >= 15 is 0 Å². The fraction of sp³-hybridized carbons (Fsp3) is 0.529. The van der Waals surface area contributed by atoms with Crippen molar-refractivity contribution in [1.29, 1.82) is 0 Å². The summed E-state index contributed by atoms with van der Waals surface area (Å²) in [6.45, 7) is 5.18. The van der Waals surface area contributed by atoms with E-state index in [9.17, 15) is 0 Å². The SMILES string of the molecule is Cc1cc(C)c2c(c1)c(C1(CN)CCCC1)cn2C. The molecular formula is C17H24N2. The molecule has 0 aliphatic heterocycles. The predicted molar refractivity (Wildman–Crippen MR) is 81.6 cm³/mol. The molecule has 3 rings (SSSR count). The van der Waals surface area contributed by atoms with Crippen LogP contribution < -0.4 is 5.73 Å². The number of nitrogens with zero attached hydrogens (tertiary/aromatic N) is 1. The average Bonchev–Trinajstić information content (AvgIpc) is 2.95. The summed E-state index contributed by atoms with van der Waals surface area (Å²) in [6.07, 6.45) is 7.46. The van der Waals surface area contributed by atoms with Gasteiger partial charge in [-0.25, -0.2) is 0 Å². The van der Waals surface area contributed by atoms with Crippen molar-refractivity contribution in [2.24, 2.45) is 12.8 Å². The average molecular weight is 256 g/mol. The maximum absolute atomic E-state index is 6.17. The molecular weight excluding hydrogens is 232 g/mol. The fourth-order valence-electron chi connectivity index (χ4n) is 4.02. The molecule has 1 aliphatic rings. The van der Waals surface area contributed by atoms with E-state index in [0.29, 0.717) is 0 Å². The molecule has 0 radical (unpaired) electrons. The quantitative estimate of drug-likeness (QED) is 0.875. The molecule has 102 valence electrons. The molecule has 1 saturated carbocycles. The van der Waals surface area contributed by atoms with Crippen LogP contribution in [0.15, 0.2) is 18.3 Å². The molecule has 19 heavy (non-hydrogen) atoms. The summed E-state index contributed by atoms with van der Waals surface area (Å²) in [5.74, 6) is 0. The lowest BCUT2D eigenvalue weighted by Gasteiger charge is -2.27. The molecule has 1 aromatic carbocycles. The zero-order valence-electron chi connectivity index (χ0n) is 12.3. The summed E-state index contributed by atoms with van der Waals surface area (Å²) in [7, 11) is 2.16. The van der Waals surface area contributed by atoms with E-state index in [1.807, 2.05) is 0 Å². The number of fused-ring (bicyclic) bond motifs is 1. The van der Waals surface area contributed by atoms with Crippen molar-refractivity contribution >= 4 is 10.9 Å². The summed E-state index contributed by atoms with van der Waals surface area (Å²) in [6, 6.07) is 4.61. The van der Waals surface area contributed by atoms with E-state index in [4.69, 9.17) is 5.73 Å². The highest BCUT2D eigenvalue weighted by atomic mass is 14.9. The number of aromatic nitrogens is 1. The first-order chi connectivity index (χ1) is 9.07. The molecule has 1 fully saturated rings. The lowest BCUT2D eigenvalue weighted by Crippen LogP contribution is -2.31. The summed E-state index contributed by atoms with van der Waals surface area (Å²) in [4.78, 5) is 0. The lowest BCUT2D eigenvalue weighted by molar-refractivity contribution is 0.456. The van der Waals surface area contributed by atoms with Gasteiger partial charge in [0.05, 0.1) is 5.52 Å². The maximum atomic E-state index is 6.17. The van der Waals surface area contributed by atoms with Gasteiger partial charge in [-0.3, -0.25) is 0 Å². The fourth-order valence-corrected chi connectivity index (χ4v) is 4.02. The zero-order valence-corrected chi connectivity index (χ0v) is 12.3. The molecule has 1 heterocycles. The Balaban J connectivity index is 2.30. The highest BCUT2D eigenvalue weighted by Gasteiger charge is 2.36. The number of hydrogen-bond donors (Lipinski definition) is 1. The number of hydrogen-bond acceptors (Lipinski definition) is 1. The van der Waals surface area contributed by atoms with Crippen LogP contribution in [0.2, 0.25) is 0 Å². The van der Waals surface area contributed by atoms with Gasteiger partial charge in [0.25, 0.3) is 0 Å². The van der Waals surface area contributed by atoms with E-state index in [0.717, 1.165) is 6.54 Å². The topological polar surface area (TPSA) is 30.9 Å². The third-order valence-corrected chi connectivity index (χ3v) is 4.93. The smallest absolute Gasteiger partial charge is 0.0510 e. The van der Waals surface area contributed by atoms with Crippen molar-refractivity contribution in [3.05, 3.63) is 35.0 Å². The van der Waals surface area contributed by atoms with Crippen molar-refractivity contribution in [3.63, 3.8) is 0 Å². The number of rotatable bonds is 2. The molecule has 0 spiro atoms.